The first kappa shape index (κ1) is 21.2. The molecule has 3 rings (SSSR count). The van der Waals surface area contributed by atoms with Gasteiger partial charge in [0.2, 0.25) is 17.6 Å². The Morgan fingerprint density at radius 1 is 1.10 bits per heavy atom. The molecule has 1 amide bonds. The molecule has 0 spiro atoms. The lowest BCUT2D eigenvalue weighted by molar-refractivity contribution is -0.118. The molecule has 30 heavy (non-hydrogen) atoms. The number of nitrogens with zero attached hydrogens (tertiary/aromatic N) is 3. The Labute approximate surface area is 170 Å². The topological polar surface area (TPSA) is 80.9 Å². The van der Waals surface area contributed by atoms with Crippen molar-refractivity contribution in [2.24, 2.45) is 5.92 Å². The van der Waals surface area contributed by atoms with Crippen LogP contribution in [0.15, 0.2) is 65.5 Å². The molecular weight excluding hydrogens is 397 g/mol. The molecule has 0 aliphatic rings. The number of carbonyl (C=O) groups excluding carboxylic acids is 1. The van der Waals surface area contributed by atoms with Crippen LogP contribution in [-0.2, 0) is 4.79 Å². The molecule has 1 aromatic carbocycles. The Hall–Kier alpha value is -3.49. The van der Waals surface area contributed by atoms with Gasteiger partial charge in [0.1, 0.15) is 6.04 Å². The van der Waals surface area contributed by atoms with E-state index in [1.54, 1.807) is 44.4 Å². The summed E-state index contributed by atoms with van der Waals surface area (Å²) >= 11 is 0. The van der Waals surface area contributed by atoms with E-state index in [1.807, 2.05) is 0 Å². The van der Waals surface area contributed by atoms with Crippen molar-refractivity contribution in [1.29, 1.82) is 0 Å². The summed E-state index contributed by atoms with van der Waals surface area (Å²) in [7, 11) is 0. The number of carbonyl (C=O) groups is 1. The zero-order chi connectivity index (χ0) is 21.7. The van der Waals surface area contributed by atoms with Crippen molar-refractivity contribution >= 4 is 11.5 Å². The molecule has 0 fully saturated rings. The predicted molar refractivity (Wildman–Crippen MR) is 104 cm³/mol. The van der Waals surface area contributed by atoms with Crippen LogP contribution in [0, 0.1) is 5.92 Å². The molecule has 9 heteroatoms. The quantitative estimate of drug-likeness (QED) is 0.595. The van der Waals surface area contributed by atoms with E-state index in [9.17, 15) is 18.0 Å². The van der Waals surface area contributed by atoms with Gasteiger partial charge in [-0.2, -0.15) is 18.2 Å². The lowest BCUT2D eigenvalue weighted by atomic mass is 10.0. The van der Waals surface area contributed by atoms with Gasteiger partial charge >= 0.3 is 6.18 Å². The van der Waals surface area contributed by atoms with E-state index < -0.39 is 23.7 Å². The normalized spacial score (nSPS) is 13.3. The number of pyridine rings is 1. The second-order valence-electron chi connectivity index (χ2n) is 6.84. The maximum Gasteiger partial charge on any atom is 0.417 e. The Morgan fingerprint density at radius 2 is 1.77 bits per heavy atom. The highest BCUT2D eigenvalue weighted by atomic mass is 19.4. The largest absolute Gasteiger partial charge is 0.417 e. The maximum atomic E-state index is 13.5. The monoisotopic (exact) mass is 416 g/mol. The summed E-state index contributed by atoms with van der Waals surface area (Å²) in [6.07, 6.45) is -1.00. The van der Waals surface area contributed by atoms with Crippen molar-refractivity contribution in [1.82, 2.24) is 20.4 Å². The SMILES string of the molecule is CC(C)C(NC(=O)/C=C(/c1ccccc1)C(F)(F)F)c1nc(-c2ccncc2)no1. The lowest BCUT2D eigenvalue weighted by Gasteiger charge is -2.18. The molecule has 0 saturated heterocycles. The molecule has 1 N–H and O–H groups in total. The van der Waals surface area contributed by atoms with Crippen molar-refractivity contribution < 1.29 is 22.5 Å². The number of allylic oxidation sites excluding steroid dienone is 1. The molecule has 1 atom stereocenters. The third kappa shape index (κ3) is 5.11. The van der Waals surface area contributed by atoms with Gasteiger partial charge in [-0.05, 0) is 23.6 Å². The minimum Gasteiger partial charge on any atom is -0.340 e. The average Bonchev–Trinajstić information content (AvgIpc) is 3.20. The number of hydrogen-bond donors (Lipinski definition) is 1. The number of halogens is 3. The molecule has 2 aromatic heterocycles. The Bertz CT molecular complexity index is 1020. The highest BCUT2D eigenvalue weighted by molar-refractivity contribution is 5.96. The summed E-state index contributed by atoms with van der Waals surface area (Å²) in [6, 6.07) is 9.76. The highest BCUT2D eigenvalue weighted by Gasteiger charge is 2.35. The molecule has 156 valence electrons. The highest BCUT2D eigenvalue weighted by Crippen LogP contribution is 2.33. The summed E-state index contributed by atoms with van der Waals surface area (Å²) in [5, 5.41) is 6.43. The molecular formula is C21H19F3N4O2. The smallest absolute Gasteiger partial charge is 0.340 e. The van der Waals surface area contributed by atoms with Gasteiger partial charge in [-0.3, -0.25) is 9.78 Å². The molecule has 1 unspecified atom stereocenters. The molecule has 0 aliphatic heterocycles. The van der Waals surface area contributed by atoms with Crippen LogP contribution in [0.1, 0.15) is 31.3 Å². The van der Waals surface area contributed by atoms with E-state index in [1.165, 1.54) is 24.3 Å². The van der Waals surface area contributed by atoms with Crippen LogP contribution in [0.25, 0.3) is 17.0 Å². The predicted octanol–water partition coefficient (Wildman–Crippen LogP) is 4.59. The molecule has 0 bridgehead atoms. The standard InChI is InChI=1S/C21H19F3N4O2/c1-13(2)18(20-27-19(28-30-20)15-8-10-25-11-9-15)26-17(29)12-16(21(22,23)24)14-6-4-3-5-7-14/h3-13,18H,1-2H3,(H,26,29)/b16-12-. The van der Waals surface area contributed by atoms with Crippen molar-refractivity contribution in [3.05, 3.63) is 72.4 Å². The second kappa shape index (κ2) is 8.89. The Kier molecular flexibility index (Phi) is 6.29. The zero-order valence-corrected chi connectivity index (χ0v) is 16.2. The number of alkyl halides is 3. The summed E-state index contributed by atoms with van der Waals surface area (Å²) in [5.74, 6) is -0.720. The number of benzene rings is 1. The van der Waals surface area contributed by atoms with Crippen LogP contribution in [0.2, 0.25) is 0 Å². The van der Waals surface area contributed by atoms with Gasteiger partial charge in [-0.25, -0.2) is 0 Å². The third-order valence-corrected chi connectivity index (χ3v) is 4.28. The van der Waals surface area contributed by atoms with Crippen LogP contribution < -0.4 is 5.32 Å². The van der Waals surface area contributed by atoms with Crippen LogP contribution >= 0.6 is 0 Å². The van der Waals surface area contributed by atoms with Gasteiger partial charge in [-0.15, -0.1) is 0 Å². The van der Waals surface area contributed by atoms with Gasteiger partial charge in [-0.1, -0.05) is 49.3 Å². The van der Waals surface area contributed by atoms with Gasteiger partial charge in [0, 0.05) is 24.0 Å². The van der Waals surface area contributed by atoms with E-state index in [0.717, 1.165) is 0 Å². The average molecular weight is 416 g/mol. The van der Waals surface area contributed by atoms with Crippen molar-refractivity contribution in [3.8, 4) is 11.4 Å². The Morgan fingerprint density at radius 3 is 2.37 bits per heavy atom. The fourth-order valence-corrected chi connectivity index (χ4v) is 2.77. The second-order valence-corrected chi connectivity index (χ2v) is 6.84. The zero-order valence-electron chi connectivity index (χ0n) is 16.2. The number of rotatable bonds is 6. The van der Waals surface area contributed by atoms with E-state index in [2.05, 4.69) is 20.4 Å². The van der Waals surface area contributed by atoms with Crippen LogP contribution in [0.5, 0.6) is 0 Å². The van der Waals surface area contributed by atoms with Crippen LogP contribution in [0.4, 0.5) is 13.2 Å². The molecule has 2 heterocycles. The first-order valence-electron chi connectivity index (χ1n) is 9.14. The van der Waals surface area contributed by atoms with E-state index in [0.29, 0.717) is 17.5 Å². The number of amides is 1. The molecule has 3 aromatic rings. The molecule has 6 nitrogen and oxygen atoms in total. The number of hydrogen-bond acceptors (Lipinski definition) is 5. The van der Waals surface area contributed by atoms with Crippen molar-refractivity contribution in [2.45, 2.75) is 26.1 Å². The molecule has 0 radical (unpaired) electrons. The Balaban J connectivity index is 1.85. The van der Waals surface area contributed by atoms with Crippen LogP contribution in [-0.4, -0.2) is 27.2 Å². The first-order valence-corrected chi connectivity index (χ1v) is 9.14. The number of nitrogens with one attached hydrogen (secondary N) is 1. The summed E-state index contributed by atoms with van der Waals surface area (Å²) in [5.41, 5.74) is -0.470. The molecule has 0 aliphatic carbocycles. The minimum atomic E-state index is -4.69. The van der Waals surface area contributed by atoms with Gasteiger partial charge in [0.25, 0.3) is 0 Å². The summed E-state index contributed by atoms with van der Waals surface area (Å²) in [6.45, 7) is 3.57. The summed E-state index contributed by atoms with van der Waals surface area (Å²) in [4.78, 5) is 20.6. The summed E-state index contributed by atoms with van der Waals surface area (Å²) < 4.78 is 45.7. The van der Waals surface area contributed by atoms with Crippen molar-refractivity contribution in [3.63, 3.8) is 0 Å². The maximum absolute atomic E-state index is 13.5. The van der Waals surface area contributed by atoms with E-state index >= 15 is 0 Å². The van der Waals surface area contributed by atoms with Crippen molar-refractivity contribution in [2.75, 3.05) is 0 Å². The number of aromatic nitrogens is 3. The van der Waals surface area contributed by atoms with Gasteiger partial charge in [0.15, 0.2) is 0 Å². The lowest BCUT2D eigenvalue weighted by Crippen LogP contribution is -2.31. The fraction of sp³-hybridized carbons (Fsp3) is 0.238. The van der Waals surface area contributed by atoms with Gasteiger partial charge < -0.3 is 9.84 Å². The van der Waals surface area contributed by atoms with Crippen LogP contribution in [0.3, 0.4) is 0 Å². The minimum absolute atomic E-state index is 0.0981. The van der Waals surface area contributed by atoms with E-state index in [-0.39, 0.29) is 17.4 Å². The first-order chi connectivity index (χ1) is 14.3. The van der Waals surface area contributed by atoms with E-state index in [4.69, 9.17) is 4.52 Å². The third-order valence-electron chi connectivity index (χ3n) is 4.28. The van der Waals surface area contributed by atoms with Gasteiger partial charge in [0.05, 0.1) is 5.57 Å². The fourth-order valence-electron chi connectivity index (χ4n) is 2.77. The molecule has 0 saturated carbocycles.